The number of hydrogen-bond acceptors (Lipinski definition) is 4. The van der Waals surface area contributed by atoms with Gasteiger partial charge in [-0.2, -0.15) is 0 Å². The zero-order valence-electron chi connectivity index (χ0n) is 12.4. The van der Waals surface area contributed by atoms with E-state index in [1.54, 1.807) is 12.1 Å². The van der Waals surface area contributed by atoms with Gasteiger partial charge < -0.3 is 16.0 Å². The molecule has 0 aromatic heterocycles. The molecule has 0 saturated carbocycles. The van der Waals surface area contributed by atoms with Crippen LogP contribution in [0.3, 0.4) is 0 Å². The van der Waals surface area contributed by atoms with Crippen LogP contribution in [-0.4, -0.2) is 36.2 Å². The standard InChI is InChI=1S/C15H18ClN3O2S.ClH/c16-9-3-4-12-11(6-9)19-15(21)13(22-12)7-14(20)18-8-10-2-1-5-17-10;/h3-4,6,10,13,17H,1-2,5,7-8H2,(H,18,20)(H,19,21);1H. The normalized spacial score (nSPS) is 22.7. The van der Waals surface area contributed by atoms with Crippen molar-refractivity contribution in [1.82, 2.24) is 10.6 Å². The minimum Gasteiger partial charge on any atom is -0.354 e. The zero-order chi connectivity index (χ0) is 15.5. The average Bonchev–Trinajstić information content (AvgIpc) is 2.99. The Bertz CT molecular complexity index is 594. The van der Waals surface area contributed by atoms with Crippen LogP contribution in [0.1, 0.15) is 19.3 Å². The van der Waals surface area contributed by atoms with Crippen LogP contribution in [0, 0.1) is 0 Å². The molecule has 0 bridgehead atoms. The van der Waals surface area contributed by atoms with E-state index >= 15 is 0 Å². The Morgan fingerprint density at radius 2 is 2.26 bits per heavy atom. The van der Waals surface area contributed by atoms with Gasteiger partial charge in [-0.25, -0.2) is 0 Å². The summed E-state index contributed by atoms with van der Waals surface area (Å²) in [4.78, 5) is 25.1. The van der Waals surface area contributed by atoms with E-state index in [2.05, 4.69) is 16.0 Å². The number of halogens is 2. The van der Waals surface area contributed by atoms with Crippen molar-refractivity contribution < 1.29 is 9.59 Å². The van der Waals surface area contributed by atoms with Crippen LogP contribution in [0.2, 0.25) is 5.02 Å². The van der Waals surface area contributed by atoms with Crippen molar-refractivity contribution in [1.29, 1.82) is 0 Å². The van der Waals surface area contributed by atoms with E-state index < -0.39 is 5.25 Å². The highest BCUT2D eigenvalue weighted by Crippen LogP contribution is 2.38. The molecule has 2 unspecified atom stereocenters. The summed E-state index contributed by atoms with van der Waals surface area (Å²) < 4.78 is 0. The summed E-state index contributed by atoms with van der Waals surface area (Å²) in [7, 11) is 0. The summed E-state index contributed by atoms with van der Waals surface area (Å²) in [6.07, 6.45) is 2.43. The fourth-order valence-electron chi connectivity index (χ4n) is 2.67. The van der Waals surface area contributed by atoms with E-state index in [1.807, 2.05) is 6.07 Å². The summed E-state index contributed by atoms with van der Waals surface area (Å²) in [5, 5.41) is 9.24. The molecule has 23 heavy (non-hydrogen) atoms. The van der Waals surface area contributed by atoms with Crippen molar-refractivity contribution in [2.75, 3.05) is 18.4 Å². The number of amides is 2. The van der Waals surface area contributed by atoms with Gasteiger partial charge in [-0.3, -0.25) is 9.59 Å². The molecule has 0 aliphatic carbocycles. The maximum absolute atomic E-state index is 12.1. The van der Waals surface area contributed by atoms with Gasteiger partial charge in [0.25, 0.3) is 0 Å². The molecule has 1 aromatic carbocycles. The van der Waals surface area contributed by atoms with Crippen molar-refractivity contribution in [3.05, 3.63) is 23.2 Å². The number of anilines is 1. The van der Waals surface area contributed by atoms with Crippen molar-refractivity contribution in [2.45, 2.75) is 35.4 Å². The summed E-state index contributed by atoms with van der Waals surface area (Å²) in [6, 6.07) is 5.74. The third kappa shape index (κ3) is 4.76. The molecule has 126 valence electrons. The Morgan fingerprint density at radius 1 is 1.43 bits per heavy atom. The van der Waals surface area contributed by atoms with Gasteiger partial charge in [0, 0.05) is 28.9 Å². The summed E-state index contributed by atoms with van der Waals surface area (Å²) in [6.45, 7) is 1.64. The average molecular weight is 376 g/mol. The molecule has 3 rings (SSSR count). The van der Waals surface area contributed by atoms with Gasteiger partial charge in [-0.1, -0.05) is 11.6 Å². The minimum absolute atomic E-state index is 0. The molecule has 1 saturated heterocycles. The summed E-state index contributed by atoms with van der Waals surface area (Å²) in [5.41, 5.74) is 0.717. The summed E-state index contributed by atoms with van der Waals surface area (Å²) in [5.74, 6) is -0.229. The highest BCUT2D eigenvalue weighted by atomic mass is 35.5. The predicted molar refractivity (Wildman–Crippen MR) is 95.6 cm³/mol. The second-order valence-electron chi connectivity index (χ2n) is 5.54. The number of benzene rings is 1. The van der Waals surface area contributed by atoms with Gasteiger partial charge in [0.05, 0.1) is 10.9 Å². The van der Waals surface area contributed by atoms with Crippen molar-refractivity contribution in [3.63, 3.8) is 0 Å². The molecular formula is C15H19Cl2N3O2S. The molecule has 2 aliphatic heterocycles. The quantitative estimate of drug-likeness (QED) is 0.755. The van der Waals surface area contributed by atoms with Crippen LogP contribution < -0.4 is 16.0 Å². The minimum atomic E-state index is -0.398. The first-order chi connectivity index (χ1) is 10.6. The molecule has 0 radical (unpaired) electrons. The van der Waals surface area contributed by atoms with E-state index in [0.717, 1.165) is 24.3 Å². The first kappa shape index (κ1) is 18.4. The lowest BCUT2D eigenvalue weighted by Gasteiger charge is -2.24. The highest BCUT2D eigenvalue weighted by Gasteiger charge is 2.29. The number of thioether (sulfide) groups is 1. The second kappa shape index (κ2) is 8.24. The fraction of sp³-hybridized carbons (Fsp3) is 0.467. The third-order valence-electron chi connectivity index (χ3n) is 3.84. The number of fused-ring (bicyclic) bond motifs is 1. The molecule has 0 spiro atoms. The lowest BCUT2D eigenvalue weighted by atomic mass is 10.2. The monoisotopic (exact) mass is 375 g/mol. The van der Waals surface area contributed by atoms with Crippen molar-refractivity contribution in [3.8, 4) is 0 Å². The van der Waals surface area contributed by atoms with Gasteiger partial charge in [-0.15, -0.1) is 24.2 Å². The molecular weight excluding hydrogens is 357 g/mol. The van der Waals surface area contributed by atoms with Gasteiger partial charge >= 0.3 is 0 Å². The largest absolute Gasteiger partial charge is 0.354 e. The Kier molecular flexibility index (Phi) is 6.59. The van der Waals surface area contributed by atoms with E-state index in [1.165, 1.54) is 11.8 Å². The molecule has 2 atom stereocenters. The third-order valence-corrected chi connectivity index (χ3v) is 5.35. The number of carbonyl (C=O) groups is 2. The van der Waals surface area contributed by atoms with Crippen molar-refractivity contribution >= 4 is 53.3 Å². The second-order valence-corrected chi connectivity index (χ2v) is 7.22. The first-order valence-corrected chi connectivity index (χ1v) is 8.65. The highest BCUT2D eigenvalue weighted by molar-refractivity contribution is 8.01. The zero-order valence-corrected chi connectivity index (χ0v) is 14.8. The molecule has 2 amide bonds. The van der Waals surface area contributed by atoms with Crippen molar-refractivity contribution in [2.24, 2.45) is 0 Å². The number of hydrogen-bond donors (Lipinski definition) is 3. The maximum Gasteiger partial charge on any atom is 0.238 e. The Labute approximate surface area is 150 Å². The topological polar surface area (TPSA) is 70.2 Å². The smallest absolute Gasteiger partial charge is 0.238 e. The van der Waals surface area contributed by atoms with Crippen LogP contribution in [0.4, 0.5) is 5.69 Å². The number of carbonyl (C=O) groups excluding carboxylic acids is 2. The van der Waals surface area contributed by atoms with E-state index in [-0.39, 0.29) is 30.6 Å². The van der Waals surface area contributed by atoms with Crippen LogP contribution in [0.25, 0.3) is 0 Å². The van der Waals surface area contributed by atoms with Gasteiger partial charge in [-0.05, 0) is 37.6 Å². The van der Waals surface area contributed by atoms with Crippen LogP contribution in [0.15, 0.2) is 23.1 Å². The molecule has 2 aliphatic rings. The number of rotatable bonds is 4. The Balaban J connectivity index is 0.00000192. The van der Waals surface area contributed by atoms with E-state index in [4.69, 9.17) is 11.6 Å². The molecule has 2 heterocycles. The Hall–Kier alpha value is -0.950. The molecule has 3 N–H and O–H groups in total. The molecule has 1 aromatic rings. The summed E-state index contributed by atoms with van der Waals surface area (Å²) >= 11 is 7.33. The van der Waals surface area contributed by atoms with E-state index in [0.29, 0.717) is 23.3 Å². The Morgan fingerprint density at radius 3 is 3.00 bits per heavy atom. The predicted octanol–water partition coefficient (Wildman–Crippen LogP) is 2.43. The van der Waals surface area contributed by atoms with Gasteiger partial charge in [0.1, 0.15) is 0 Å². The van der Waals surface area contributed by atoms with Gasteiger partial charge in [0.15, 0.2) is 0 Å². The number of nitrogens with one attached hydrogen (secondary N) is 3. The van der Waals surface area contributed by atoms with Gasteiger partial charge in [0.2, 0.25) is 11.8 Å². The molecule has 5 nitrogen and oxygen atoms in total. The maximum atomic E-state index is 12.1. The fourth-order valence-corrected chi connectivity index (χ4v) is 3.93. The molecule has 8 heteroatoms. The van der Waals surface area contributed by atoms with Crippen LogP contribution in [0.5, 0.6) is 0 Å². The lowest BCUT2D eigenvalue weighted by Crippen LogP contribution is -2.40. The van der Waals surface area contributed by atoms with E-state index in [9.17, 15) is 9.59 Å². The SMILES string of the molecule is Cl.O=C(CC1Sc2ccc(Cl)cc2NC1=O)NCC1CCCN1. The molecule has 1 fully saturated rings. The van der Waals surface area contributed by atoms with Crippen LogP contribution in [-0.2, 0) is 9.59 Å². The first-order valence-electron chi connectivity index (χ1n) is 7.39. The van der Waals surface area contributed by atoms with Crippen LogP contribution >= 0.6 is 35.8 Å². The lowest BCUT2D eigenvalue weighted by molar-refractivity contribution is -0.124.